The fraction of sp³-hybridized carbons (Fsp3) is 0.200. The highest BCUT2D eigenvalue weighted by atomic mass is 35.5. The Morgan fingerprint density at radius 2 is 1.76 bits per heavy atom. The van der Waals surface area contributed by atoms with E-state index in [-0.39, 0.29) is 22.5 Å². The number of alkyl halides is 3. The highest BCUT2D eigenvalue weighted by molar-refractivity contribution is 8.00. The van der Waals surface area contributed by atoms with E-state index < -0.39 is 22.7 Å². The van der Waals surface area contributed by atoms with E-state index in [0.29, 0.717) is 12.3 Å². The van der Waals surface area contributed by atoms with E-state index in [1.54, 1.807) is 24.3 Å². The van der Waals surface area contributed by atoms with Crippen molar-refractivity contribution in [1.29, 1.82) is 0 Å². The largest absolute Gasteiger partial charge is 0.417 e. The Labute approximate surface area is 204 Å². The first-order chi connectivity index (χ1) is 16.2. The smallest absolute Gasteiger partial charge is 0.326 e. The third-order valence-electron chi connectivity index (χ3n) is 5.44. The van der Waals surface area contributed by atoms with Gasteiger partial charge in [-0.25, -0.2) is 0 Å². The van der Waals surface area contributed by atoms with Gasteiger partial charge in [-0.3, -0.25) is 9.59 Å². The quantitative estimate of drug-likeness (QED) is 0.421. The van der Waals surface area contributed by atoms with Crippen LogP contribution in [0.5, 0.6) is 0 Å². The van der Waals surface area contributed by atoms with Gasteiger partial charge in [-0.1, -0.05) is 54.1 Å². The number of hydrogen-bond donors (Lipinski definition) is 1. The third kappa shape index (κ3) is 5.56. The lowest BCUT2D eigenvalue weighted by molar-refractivity contribution is -0.137. The summed E-state index contributed by atoms with van der Waals surface area (Å²) in [7, 11) is 0. The topological polar surface area (TPSA) is 49.4 Å². The van der Waals surface area contributed by atoms with Crippen LogP contribution in [0.25, 0.3) is 0 Å². The Hall–Kier alpha value is -2.97. The molecule has 0 spiro atoms. The molecule has 0 aromatic heterocycles. The molecular formula is C25H20ClF3N2O2S. The molecule has 2 amide bonds. The molecule has 0 aliphatic carbocycles. The Bertz CT molecular complexity index is 1190. The summed E-state index contributed by atoms with van der Waals surface area (Å²) in [5.74, 6) is -0.0891. The van der Waals surface area contributed by atoms with Crippen molar-refractivity contribution in [3.63, 3.8) is 0 Å². The molecule has 0 unspecified atom stereocenters. The van der Waals surface area contributed by atoms with Crippen LogP contribution in [0.4, 0.5) is 18.9 Å². The highest BCUT2D eigenvalue weighted by Gasteiger charge is 2.34. The zero-order valence-corrected chi connectivity index (χ0v) is 19.4. The molecule has 3 aromatic carbocycles. The second-order valence-corrected chi connectivity index (χ2v) is 9.23. The molecule has 3 aromatic rings. The first-order valence-corrected chi connectivity index (χ1v) is 11.9. The van der Waals surface area contributed by atoms with Crippen LogP contribution in [-0.2, 0) is 17.4 Å². The predicted octanol–water partition coefficient (Wildman–Crippen LogP) is 6.43. The Balaban J connectivity index is 1.44. The number of amides is 2. The van der Waals surface area contributed by atoms with Crippen molar-refractivity contribution >= 4 is 40.9 Å². The molecule has 1 atom stereocenters. The van der Waals surface area contributed by atoms with Gasteiger partial charge in [0.2, 0.25) is 5.91 Å². The van der Waals surface area contributed by atoms with Gasteiger partial charge in [-0.15, -0.1) is 11.8 Å². The number of benzene rings is 3. The van der Waals surface area contributed by atoms with E-state index in [2.05, 4.69) is 5.32 Å². The third-order valence-corrected chi connectivity index (χ3v) is 7.03. The number of thioether (sulfide) groups is 1. The Morgan fingerprint density at radius 3 is 2.44 bits per heavy atom. The maximum atomic E-state index is 13.1. The van der Waals surface area contributed by atoms with Crippen LogP contribution >= 0.6 is 23.4 Å². The van der Waals surface area contributed by atoms with Crippen LogP contribution in [0.3, 0.4) is 0 Å². The van der Waals surface area contributed by atoms with Gasteiger partial charge in [0, 0.05) is 17.8 Å². The molecule has 0 radical (unpaired) electrons. The summed E-state index contributed by atoms with van der Waals surface area (Å²) >= 11 is 7.16. The van der Waals surface area contributed by atoms with E-state index in [4.69, 9.17) is 11.6 Å². The molecule has 0 saturated carbocycles. The summed E-state index contributed by atoms with van der Waals surface area (Å²) < 4.78 is 39.2. The normalized spacial score (nSPS) is 16.1. The summed E-state index contributed by atoms with van der Waals surface area (Å²) in [6.45, 7) is 0.584. The molecular weight excluding hydrogens is 485 g/mol. The summed E-state index contributed by atoms with van der Waals surface area (Å²) in [4.78, 5) is 26.8. The maximum Gasteiger partial charge on any atom is 0.417 e. The van der Waals surface area contributed by atoms with Gasteiger partial charge in [-0.05, 0) is 47.9 Å². The highest BCUT2D eigenvalue weighted by Crippen LogP contribution is 2.39. The van der Waals surface area contributed by atoms with Crippen LogP contribution in [0.1, 0.15) is 32.4 Å². The van der Waals surface area contributed by atoms with Gasteiger partial charge in [0.15, 0.2) is 0 Å². The fourth-order valence-electron chi connectivity index (χ4n) is 3.69. The van der Waals surface area contributed by atoms with Gasteiger partial charge in [0.25, 0.3) is 5.91 Å². The molecule has 1 N–H and O–H groups in total. The lowest BCUT2D eigenvalue weighted by Gasteiger charge is -2.24. The predicted molar refractivity (Wildman–Crippen MR) is 128 cm³/mol. The Morgan fingerprint density at radius 1 is 1.06 bits per heavy atom. The Kier molecular flexibility index (Phi) is 7.19. The first kappa shape index (κ1) is 24.2. The average Bonchev–Trinajstić information content (AvgIpc) is 3.19. The molecule has 4 rings (SSSR count). The SMILES string of the molecule is O=C(Nc1ccc(Cl)c(C(F)(F)F)c1)c1ccc([C@@H]2SCC(=O)N2CCc2ccccc2)cc1. The molecule has 1 fully saturated rings. The number of rotatable bonds is 6. The van der Waals surface area contributed by atoms with Crippen LogP contribution in [-0.4, -0.2) is 29.0 Å². The average molecular weight is 505 g/mol. The van der Waals surface area contributed by atoms with E-state index in [9.17, 15) is 22.8 Å². The van der Waals surface area contributed by atoms with Crippen LogP contribution in [0.2, 0.25) is 5.02 Å². The maximum absolute atomic E-state index is 13.1. The second kappa shape index (κ2) is 10.1. The van der Waals surface area contributed by atoms with Gasteiger partial charge < -0.3 is 10.2 Å². The number of nitrogens with one attached hydrogen (secondary N) is 1. The lowest BCUT2D eigenvalue weighted by atomic mass is 10.1. The van der Waals surface area contributed by atoms with Crippen molar-refractivity contribution in [3.8, 4) is 0 Å². The molecule has 4 nitrogen and oxygen atoms in total. The number of nitrogens with zero attached hydrogens (tertiary/aromatic N) is 1. The van der Waals surface area contributed by atoms with Crippen molar-refractivity contribution in [2.75, 3.05) is 17.6 Å². The van der Waals surface area contributed by atoms with Crippen LogP contribution in [0.15, 0.2) is 72.8 Å². The molecule has 34 heavy (non-hydrogen) atoms. The van der Waals surface area contributed by atoms with Crippen molar-refractivity contribution < 1.29 is 22.8 Å². The van der Waals surface area contributed by atoms with Crippen molar-refractivity contribution in [2.45, 2.75) is 18.0 Å². The zero-order valence-electron chi connectivity index (χ0n) is 17.8. The van der Waals surface area contributed by atoms with Crippen molar-refractivity contribution in [1.82, 2.24) is 4.90 Å². The number of hydrogen-bond acceptors (Lipinski definition) is 3. The minimum atomic E-state index is -4.62. The summed E-state index contributed by atoms with van der Waals surface area (Å²) in [6, 6.07) is 19.9. The van der Waals surface area contributed by atoms with E-state index in [1.165, 1.54) is 17.8 Å². The number of halogens is 4. The number of carbonyl (C=O) groups excluding carboxylic acids is 2. The zero-order chi connectivity index (χ0) is 24.3. The second-order valence-electron chi connectivity index (χ2n) is 7.75. The van der Waals surface area contributed by atoms with E-state index >= 15 is 0 Å². The van der Waals surface area contributed by atoms with Gasteiger partial charge >= 0.3 is 6.18 Å². The molecule has 9 heteroatoms. The molecule has 176 valence electrons. The molecule has 1 heterocycles. The van der Waals surface area contributed by atoms with E-state index in [0.717, 1.165) is 29.7 Å². The molecule has 1 saturated heterocycles. The molecule has 1 aliphatic heterocycles. The van der Waals surface area contributed by atoms with Gasteiger partial charge in [-0.2, -0.15) is 13.2 Å². The van der Waals surface area contributed by atoms with E-state index in [1.807, 2.05) is 35.2 Å². The van der Waals surface area contributed by atoms with Crippen LogP contribution in [0, 0.1) is 0 Å². The summed E-state index contributed by atoms with van der Waals surface area (Å²) in [6.07, 6.45) is -3.88. The fourth-order valence-corrected chi connectivity index (χ4v) is 5.13. The summed E-state index contributed by atoms with van der Waals surface area (Å²) in [5, 5.41) is 1.89. The van der Waals surface area contributed by atoms with Gasteiger partial charge in [0.1, 0.15) is 5.37 Å². The minimum absolute atomic E-state index is 0.00478. The summed E-state index contributed by atoms with van der Waals surface area (Å²) in [5.41, 5.74) is 1.30. The van der Waals surface area contributed by atoms with Gasteiger partial charge in [0.05, 0.1) is 16.3 Å². The molecule has 0 bridgehead atoms. The van der Waals surface area contributed by atoms with Crippen molar-refractivity contribution in [3.05, 3.63) is 100 Å². The minimum Gasteiger partial charge on any atom is -0.326 e. The number of carbonyl (C=O) groups is 2. The van der Waals surface area contributed by atoms with Crippen LogP contribution < -0.4 is 5.32 Å². The standard InChI is InChI=1S/C25H20ClF3N2O2S/c26-21-11-10-19(14-20(21)25(27,28)29)30-23(33)17-6-8-18(9-7-17)24-31(22(32)15-34-24)13-12-16-4-2-1-3-5-16/h1-11,14,24H,12-13,15H2,(H,30,33)/t24-/m0/s1. The van der Waals surface area contributed by atoms with Crippen molar-refractivity contribution in [2.24, 2.45) is 0 Å². The lowest BCUT2D eigenvalue weighted by Crippen LogP contribution is -2.30. The first-order valence-electron chi connectivity index (χ1n) is 10.5. The number of anilines is 1. The monoisotopic (exact) mass is 504 g/mol. The molecule has 1 aliphatic rings.